The monoisotopic (exact) mass is 256 g/mol. The highest BCUT2D eigenvalue weighted by atomic mass is 15.2. The first-order valence-electron chi connectivity index (χ1n) is 7.44. The van der Waals surface area contributed by atoms with Crippen molar-refractivity contribution in [3.8, 4) is 0 Å². The van der Waals surface area contributed by atoms with Crippen LogP contribution in [0.3, 0.4) is 0 Å². The minimum Gasteiger partial charge on any atom is -0.312 e. The van der Waals surface area contributed by atoms with Crippen molar-refractivity contribution in [2.45, 2.75) is 57.2 Å². The van der Waals surface area contributed by atoms with Crippen molar-refractivity contribution in [2.24, 2.45) is 0 Å². The first-order valence-corrected chi connectivity index (χ1v) is 7.44. The summed E-state index contributed by atoms with van der Waals surface area (Å²) in [5.41, 5.74) is 2.11. The van der Waals surface area contributed by atoms with Crippen molar-refractivity contribution < 1.29 is 0 Å². The van der Waals surface area contributed by atoms with Gasteiger partial charge < -0.3 is 9.88 Å². The summed E-state index contributed by atoms with van der Waals surface area (Å²) in [7, 11) is 0. The Balaban J connectivity index is 1.82. The van der Waals surface area contributed by atoms with E-state index in [1.165, 1.54) is 25.1 Å². The van der Waals surface area contributed by atoms with Crippen molar-refractivity contribution in [1.82, 2.24) is 19.9 Å². The second kappa shape index (κ2) is 4.30. The first-order chi connectivity index (χ1) is 9.36. The zero-order valence-electron chi connectivity index (χ0n) is 11.3. The predicted octanol–water partition coefficient (Wildman–Crippen LogP) is 2.45. The summed E-state index contributed by atoms with van der Waals surface area (Å²) in [6.45, 7) is 3.24. The molecule has 2 aliphatic heterocycles. The molecule has 4 nitrogen and oxygen atoms in total. The third kappa shape index (κ3) is 1.70. The molecule has 2 saturated heterocycles. The molecule has 1 N–H and O–H groups in total. The molecule has 2 aromatic rings. The zero-order valence-corrected chi connectivity index (χ0v) is 11.3. The Morgan fingerprint density at radius 3 is 3.11 bits per heavy atom. The number of aryl methyl sites for hydroxylation is 1. The SMILES string of the molecule is CCCn1c(C2CC3CCC2N3)nc2cccnc21. The highest BCUT2D eigenvalue weighted by Gasteiger charge is 2.42. The van der Waals surface area contributed by atoms with Gasteiger partial charge in [0.05, 0.1) is 0 Å². The lowest BCUT2D eigenvalue weighted by Gasteiger charge is -2.20. The first kappa shape index (κ1) is 11.4. The lowest BCUT2D eigenvalue weighted by atomic mass is 9.88. The molecule has 100 valence electrons. The summed E-state index contributed by atoms with van der Waals surface area (Å²) in [5.74, 6) is 1.84. The maximum atomic E-state index is 4.89. The summed E-state index contributed by atoms with van der Waals surface area (Å²) in [6.07, 6.45) is 6.89. The standard InChI is InChI=1S/C15H20N4/c1-2-8-19-14(11-9-10-5-6-12(11)17-10)18-13-4-3-7-16-15(13)19/h3-4,7,10-12,17H,2,5-6,8-9H2,1H3. The molecule has 2 fully saturated rings. The lowest BCUT2D eigenvalue weighted by molar-refractivity contribution is 0.466. The van der Waals surface area contributed by atoms with Gasteiger partial charge in [0, 0.05) is 30.7 Å². The number of pyridine rings is 1. The van der Waals surface area contributed by atoms with E-state index in [4.69, 9.17) is 4.98 Å². The Morgan fingerprint density at radius 2 is 2.37 bits per heavy atom. The molecule has 0 aromatic carbocycles. The van der Waals surface area contributed by atoms with Crippen molar-refractivity contribution in [3.63, 3.8) is 0 Å². The Bertz CT molecular complexity index is 603. The molecule has 0 saturated carbocycles. The van der Waals surface area contributed by atoms with Crippen LogP contribution in [0.15, 0.2) is 18.3 Å². The topological polar surface area (TPSA) is 42.7 Å². The molecular formula is C15H20N4. The molecule has 0 spiro atoms. The minimum atomic E-state index is 0.583. The van der Waals surface area contributed by atoms with Gasteiger partial charge >= 0.3 is 0 Å². The molecule has 4 heterocycles. The van der Waals surface area contributed by atoms with Crippen LogP contribution in [-0.4, -0.2) is 26.6 Å². The molecule has 2 aliphatic rings. The highest BCUT2D eigenvalue weighted by molar-refractivity contribution is 5.71. The quantitative estimate of drug-likeness (QED) is 0.917. The molecule has 2 bridgehead atoms. The normalized spacial score (nSPS) is 29.4. The van der Waals surface area contributed by atoms with Crippen LogP contribution in [0, 0.1) is 0 Å². The molecule has 3 atom stereocenters. The summed E-state index contributed by atoms with van der Waals surface area (Å²) < 4.78 is 2.35. The fraction of sp³-hybridized carbons (Fsp3) is 0.600. The Morgan fingerprint density at radius 1 is 1.42 bits per heavy atom. The largest absolute Gasteiger partial charge is 0.312 e. The zero-order chi connectivity index (χ0) is 12.8. The van der Waals surface area contributed by atoms with E-state index in [1.54, 1.807) is 0 Å². The molecule has 0 radical (unpaired) electrons. The summed E-state index contributed by atoms with van der Waals surface area (Å²) in [5, 5.41) is 3.72. The molecule has 0 amide bonds. The van der Waals surface area contributed by atoms with Crippen molar-refractivity contribution in [2.75, 3.05) is 0 Å². The molecule has 4 rings (SSSR count). The van der Waals surface area contributed by atoms with E-state index >= 15 is 0 Å². The summed E-state index contributed by atoms with van der Waals surface area (Å²) in [4.78, 5) is 9.43. The average Bonchev–Trinajstić information content (AvgIpc) is 3.12. The van der Waals surface area contributed by atoms with E-state index in [1.807, 2.05) is 12.3 Å². The van der Waals surface area contributed by atoms with Gasteiger partial charge in [0.2, 0.25) is 0 Å². The van der Waals surface area contributed by atoms with Crippen molar-refractivity contribution >= 4 is 11.2 Å². The Kier molecular flexibility index (Phi) is 2.58. The molecule has 3 unspecified atom stereocenters. The van der Waals surface area contributed by atoms with E-state index in [0.29, 0.717) is 12.0 Å². The van der Waals surface area contributed by atoms with Crippen LogP contribution in [0.4, 0.5) is 0 Å². The molecule has 0 aliphatic carbocycles. The van der Waals surface area contributed by atoms with Gasteiger partial charge in [-0.25, -0.2) is 9.97 Å². The molecule has 19 heavy (non-hydrogen) atoms. The van der Waals surface area contributed by atoms with Gasteiger partial charge in [-0.3, -0.25) is 0 Å². The number of rotatable bonds is 3. The van der Waals surface area contributed by atoms with Crippen LogP contribution in [0.5, 0.6) is 0 Å². The number of hydrogen-bond donors (Lipinski definition) is 1. The van der Waals surface area contributed by atoms with Gasteiger partial charge in [-0.15, -0.1) is 0 Å². The van der Waals surface area contributed by atoms with Crippen LogP contribution in [0.1, 0.15) is 44.3 Å². The predicted molar refractivity (Wildman–Crippen MR) is 75.1 cm³/mol. The third-order valence-corrected chi connectivity index (χ3v) is 4.61. The van der Waals surface area contributed by atoms with E-state index in [-0.39, 0.29) is 0 Å². The van der Waals surface area contributed by atoms with Crippen LogP contribution >= 0.6 is 0 Å². The third-order valence-electron chi connectivity index (χ3n) is 4.61. The van der Waals surface area contributed by atoms with Gasteiger partial charge in [-0.05, 0) is 37.8 Å². The minimum absolute atomic E-state index is 0.583. The van der Waals surface area contributed by atoms with Crippen LogP contribution in [0.25, 0.3) is 11.2 Å². The second-order valence-corrected chi connectivity index (χ2v) is 5.86. The van der Waals surface area contributed by atoms with Gasteiger partial charge in [-0.1, -0.05) is 6.92 Å². The van der Waals surface area contributed by atoms with Gasteiger partial charge in [0.1, 0.15) is 11.3 Å². The van der Waals surface area contributed by atoms with Crippen LogP contribution in [0.2, 0.25) is 0 Å². The molecular weight excluding hydrogens is 236 g/mol. The molecule has 4 heteroatoms. The number of imidazole rings is 1. The number of aromatic nitrogens is 3. The van der Waals surface area contributed by atoms with E-state index in [9.17, 15) is 0 Å². The number of nitrogens with zero attached hydrogens (tertiary/aromatic N) is 3. The Hall–Kier alpha value is -1.42. The number of fused-ring (bicyclic) bond motifs is 3. The Labute approximate surface area is 113 Å². The maximum absolute atomic E-state index is 4.89. The van der Waals surface area contributed by atoms with Gasteiger partial charge in [-0.2, -0.15) is 0 Å². The van der Waals surface area contributed by atoms with E-state index in [2.05, 4.69) is 27.9 Å². The fourth-order valence-electron chi connectivity index (χ4n) is 3.81. The van der Waals surface area contributed by atoms with E-state index < -0.39 is 0 Å². The highest BCUT2D eigenvalue weighted by Crippen LogP contribution is 2.40. The summed E-state index contributed by atoms with van der Waals surface area (Å²) in [6, 6.07) is 5.42. The van der Waals surface area contributed by atoms with Gasteiger partial charge in [0.25, 0.3) is 0 Å². The maximum Gasteiger partial charge on any atom is 0.159 e. The smallest absolute Gasteiger partial charge is 0.159 e. The number of hydrogen-bond acceptors (Lipinski definition) is 3. The van der Waals surface area contributed by atoms with Crippen molar-refractivity contribution in [1.29, 1.82) is 0 Å². The summed E-state index contributed by atoms with van der Waals surface area (Å²) >= 11 is 0. The lowest BCUT2D eigenvalue weighted by Crippen LogP contribution is -2.23. The molecule has 2 aromatic heterocycles. The van der Waals surface area contributed by atoms with Crippen molar-refractivity contribution in [3.05, 3.63) is 24.2 Å². The number of nitrogens with one attached hydrogen (secondary N) is 1. The van der Waals surface area contributed by atoms with E-state index in [0.717, 1.165) is 30.2 Å². The van der Waals surface area contributed by atoms with Crippen LogP contribution < -0.4 is 5.32 Å². The van der Waals surface area contributed by atoms with Crippen LogP contribution in [-0.2, 0) is 6.54 Å². The second-order valence-electron chi connectivity index (χ2n) is 5.86. The fourth-order valence-corrected chi connectivity index (χ4v) is 3.81. The average molecular weight is 256 g/mol. The van der Waals surface area contributed by atoms with Gasteiger partial charge in [0.15, 0.2) is 5.65 Å².